The second kappa shape index (κ2) is 6.03. The Morgan fingerprint density at radius 2 is 1.76 bits per heavy atom. The smallest absolute Gasteiger partial charge is 0.307 e. The highest BCUT2D eigenvalue weighted by atomic mass is 16.4. The molecule has 98 valence electrons. The van der Waals surface area contributed by atoms with Crippen LogP contribution in [0.25, 0.3) is 0 Å². The molecule has 0 spiro atoms. The average molecular weight is 242 g/mol. The standard InChI is InChI=1S/C13H22O4/c1-13(8-3-2-4-9-13)10(12(16)17)6-5-7-11(14)15/h10H,2-9H2,1H3,(H,14,15)(H,16,17). The number of hydrogen-bond donors (Lipinski definition) is 2. The summed E-state index contributed by atoms with van der Waals surface area (Å²) in [5, 5.41) is 17.9. The molecule has 1 fully saturated rings. The first-order valence-electron chi connectivity index (χ1n) is 6.40. The maximum absolute atomic E-state index is 11.3. The molecule has 0 aliphatic heterocycles. The summed E-state index contributed by atoms with van der Waals surface area (Å²) < 4.78 is 0. The van der Waals surface area contributed by atoms with Crippen molar-refractivity contribution < 1.29 is 19.8 Å². The Kier molecular flexibility index (Phi) is 4.97. The highest BCUT2D eigenvalue weighted by Crippen LogP contribution is 2.44. The molecule has 0 bridgehead atoms. The minimum Gasteiger partial charge on any atom is -0.481 e. The van der Waals surface area contributed by atoms with E-state index in [0.717, 1.165) is 25.7 Å². The van der Waals surface area contributed by atoms with Crippen LogP contribution in [0.15, 0.2) is 0 Å². The molecular formula is C13H22O4. The van der Waals surface area contributed by atoms with Crippen LogP contribution in [0.4, 0.5) is 0 Å². The average Bonchev–Trinajstić information content (AvgIpc) is 2.24. The summed E-state index contributed by atoms with van der Waals surface area (Å²) in [6.45, 7) is 2.05. The van der Waals surface area contributed by atoms with Crippen LogP contribution in [-0.4, -0.2) is 22.2 Å². The largest absolute Gasteiger partial charge is 0.481 e. The van der Waals surface area contributed by atoms with Gasteiger partial charge in [-0.2, -0.15) is 0 Å². The normalized spacial score (nSPS) is 20.8. The molecule has 0 radical (unpaired) electrons. The van der Waals surface area contributed by atoms with Gasteiger partial charge in [-0.15, -0.1) is 0 Å². The number of carboxylic acids is 2. The van der Waals surface area contributed by atoms with Crippen molar-refractivity contribution in [3.8, 4) is 0 Å². The van der Waals surface area contributed by atoms with Crippen LogP contribution in [0.1, 0.15) is 58.3 Å². The van der Waals surface area contributed by atoms with Crippen molar-refractivity contribution in [2.75, 3.05) is 0 Å². The first-order valence-corrected chi connectivity index (χ1v) is 6.40. The second-order valence-corrected chi connectivity index (χ2v) is 5.39. The van der Waals surface area contributed by atoms with Gasteiger partial charge in [-0.25, -0.2) is 0 Å². The maximum Gasteiger partial charge on any atom is 0.307 e. The molecule has 0 saturated heterocycles. The Labute approximate surface area is 102 Å². The van der Waals surface area contributed by atoms with Gasteiger partial charge in [-0.05, 0) is 31.1 Å². The van der Waals surface area contributed by atoms with Gasteiger partial charge in [0.25, 0.3) is 0 Å². The van der Waals surface area contributed by atoms with Crippen molar-refractivity contribution in [1.29, 1.82) is 0 Å². The van der Waals surface area contributed by atoms with Gasteiger partial charge >= 0.3 is 11.9 Å². The topological polar surface area (TPSA) is 74.6 Å². The Hall–Kier alpha value is -1.06. The molecule has 0 aromatic rings. The molecule has 2 N–H and O–H groups in total. The van der Waals surface area contributed by atoms with E-state index in [1.165, 1.54) is 6.42 Å². The van der Waals surface area contributed by atoms with E-state index in [9.17, 15) is 14.7 Å². The van der Waals surface area contributed by atoms with Crippen molar-refractivity contribution in [2.45, 2.75) is 58.3 Å². The predicted octanol–water partition coefficient (Wildman–Crippen LogP) is 2.91. The Morgan fingerprint density at radius 1 is 1.18 bits per heavy atom. The molecule has 17 heavy (non-hydrogen) atoms. The number of rotatable bonds is 6. The summed E-state index contributed by atoms with van der Waals surface area (Å²) in [6.07, 6.45) is 6.31. The zero-order chi connectivity index (χ0) is 12.9. The van der Waals surface area contributed by atoms with E-state index in [2.05, 4.69) is 0 Å². The van der Waals surface area contributed by atoms with Gasteiger partial charge < -0.3 is 10.2 Å². The Morgan fingerprint density at radius 3 is 2.24 bits per heavy atom. The van der Waals surface area contributed by atoms with Crippen LogP contribution in [-0.2, 0) is 9.59 Å². The van der Waals surface area contributed by atoms with Crippen LogP contribution in [0.2, 0.25) is 0 Å². The van der Waals surface area contributed by atoms with Gasteiger partial charge in [-0.3, -0.25) is 9.59 Å². The summed E-state index contributed by atoms with van der Waals surface area (Å²) >= 11 is 0. The number of aliphatic carboxylic acids is 2. The summed E-state index contributed by atoms with van der Waals surface area (Å²) in [4.78, 5) is 21.8. The van der Waals surface area contributed by atoms with Gasteiger partial charge in [0, 0.05) is 6.42 Å². The highest BCUT2D eigenvalue weighted by Gasteiger charge is 2.39. The number of carboxylic acid groups (broad SMARTS) is 2. The fraction of sp³-hybridized carbons (Fsp3) is 0.846. The number of hydrogen-bond acceptors (Lipinski definition) is 2. The Bertz CT molecular complexity index is 279. The van der Waals surface area contributed by atoms with E-state index in [0.29, 0.717) is 12.8 Å². The second-order valence-electron chi connectivity index (χ2n) is 5.39. The van der Waals surface area contributed by atoms with E-state index >= 15 is 0 Å². The SMILES string of the molecule is CC1(C(CCCC(=O)O)C(=O)O)CCCCC1. The molecule has 0 amide bonds. The monoisotopic (exact) mass is 242 g/mol. The molecule has 0 aromatic carbocycles. The molecule has 0 aromatic heterocycles. The van der Waals surface area contributed by atoms with E-state index in [-0.39, 0.29) is 17.8 Å². The van der Waals surface area contributed by atoms with Crippen molar-refractivity contribution in [3.63, 3.8) is 0 Å². The lowest BCUT2D eigenvalue weighted by Gasteiger charge is -2.38. The quantitative estimate of drug-likeness (QED) is 0.751. The number of carbonyl (C=O) groups is 2. The van der Waals surface area contributed by atoms with Crippen LogP contribution in [0.3, 0.4) is 0 Å². The zero-order valence-corrected chi connectivity index (χ0v) is 10.4. The van der Waals surface area contributed by atoms with Crippen molar-refractivity contribution in [3.05, 3.63) is 0 Å². The molecule has 1 atom stereocenters. The third-order valence-electron chi connectivity index (χ3n) is 4.02. The molecule has 1 saturated carbocycles. The van der Waals surface area contributed by atoms with Gasteiger partial charge in [0.05, 0.1) is 5.92 Å². The third-order valence-corrected chi connectivity index (χ3v) is 4.02. The van der Waals surface area contributed by atoms with Crippen LogP contribution in [0.5, 0.6) is 0 Å². The minimum absolute atomic E-state index is 0.0693. The third kappa shape index (κ3) is 4.02. The summed E-state index contributed by atoms with van der Waals surface area (Å²) in [5.74, 6) is -2.00. The van der Waals surface area contributed by atoms with E-state index in [1.807, 2.05) is 6.92 Å². The lowest BCUT2D eigenvalue weighted by molar-refractivity contribution is -0.148. The Balaban J connectivity index is 2.57. The van der Waals surface area contributed by atoms with Crippen molar-refractivity contribution >= 4 is 11.9 Å². The van der Waals surface area contributed by atoms with Gasteiger partial charge in [0.1, 0.15) is 0 Å². The van der Waals surface area contributed by atoms with E-state index in [4.69, 9.17) is 5.11 Å². The molecule has 4 nitrogen and oxygen atoms in total. The van der Waals surface area contributed by atoms with E-state index < -0.39 is 11.9 Å². The predicted molar refractivity (Wildman–Crippen MR) is 63.8 cm³/mol. The summed E-state index contributed by atoms with van der Waals surface area (Å²) in [7, 11) is 0. The van der Waals surface area contributed by atoms with Crippen molar-refractivity contribution in [2.24, 2.45) is 11.3 Å². The lowest BCUT2D eigenvalue weighted by Crippen LogP contribution is -2.35. The van der Waals surface area contributed by atoms with Gasteiger partial charge in [-0.1, -0.05) is 26.2 Å². The van der Waals surface area contributed by atoms with Crippen molar-refractivity contribution in [1.82, 2.24) is 0 Å². The summed E-state index contributed by atoms with van der Waals surface area (Å²) in [5.41, 5.74) is -0.136. The fourth-order valence-corrected chi connectivity index (χ4v) is 2.94. The first kappa shape index (κ1) is 14.0. The molecule has 1 aliphatic rings. The van der Waals surface area contributed by atoms with Crippen LogP contribution < -0.4 is 0 Å². The minimum atomic E-state index is -0.845. The first-order chi connectivity index (χ1) is 7.96. The molecule has 1 aliphatic carbocycles. The lowest BCUT2D eigenvalue weighted by atomic mass is 9.66. The zero-order valence-electron chi connectivity index (χ0n) is 10.4. The molecule has 1 rings (SSSR count). The molecule has 1 unspecified atom stereocenters. The van der Waals surface area contributed by atoms with Gasteiger partial charge in [0.15, 0.2) is 0 Å². The molecule has 0 heterocycles. The van der Waals surface area contributed by atoms with Crippen LogP contribution >= 0.6 is 0 Å². The summed E-state index contributed by atoms with van der Waals surface area (Å²) in [6, 6.07) is 0. The van der Waals surface area contributed by atoms with Gasteiger partial charge in [0.2, 0.25) is 0 Å². The van der Waals surface area contributed by atoms with Crippen LogP contribution in [0, 0.1) is 11.3 Å². The molecule has 4 heteroatoms. The molecular weight excluding hydrogens is 220 g/mol. The maximum atomic E-state index is 11.3. The fourth-order valence-electron chi connectivity index (χ4n) is 2.94. The van der Waals surface area contributed by atoms with E-state index in [1.54, 1.807) is 0 Å². The highest BCUT2D eigenvalue weighted by molar-refractivity contribution is 5.71.